The number of nitrogens with zero attached hydrogens (tertiary/aromatic N) is 1. The first-order chi connectivity index (χ1) is 13.0. The molecule has 5 nitrogen and oxygen atoms in total. The lowest BCUT2D eigenvalue weighted by molar-refractivity contribution is -0.128. The van der Waals surface area contributed by atoms with Crippen LogP contribution < -0.4 is 10.1 Å². The van der Waals surface area contributed by atoms with Gasteiger partial charge in [-0.1, -0.05) is 41.9 Å². The van der Waals surface area contributed by atoms with E-state index >= 15 is 0 Å². The average molecular weight is 399 g/mol. The standard InChI is InChI=1S/C20H15ClN2O3S/c1-2-10-23-19(25)16(18(24)22-20(23)27)11-13-6-3-4-9-17(13)26-15-8-5-7-14(21)12-15/h2-9,11-12H,1,10H2,(H,22,24,27). The first-order valence-corrected chi connectivity index (χ1v) is 8.80. The van der Waals surface area contributed by atoms with Crippen molar-refractivity contribution in [3.8, 4) is 11.5 Å². The molecule has 1 aliphatic rings. The van der Waals surface area contributed by atoms with Gasteiger partial charge in [0.05, 0.1) is 0 Å². The van der Waals surface area contributed by atoms with Crippen LogP contribution in [0.2, 0.25) is 5.02 Å². The molecule has 0 aromatic heterocycles. The third kappa shape index (κ3) is 4.24. The van der Waals surface area contributed by atoms with Gasteiger partial charge in [0.1, 0.15) is 17.1 Å². The van der Waals surface area contributed by atoms with E-state index in [1.54, 1.807) is 48.5 Å². The number of nitrogens with one attached hydrogen (secondary N) is 1. The molecule has 0 aliphatic carbocycles. The number of rotatable bonds is 5. The van der Waals surface area contributed by atoms with Gasteiger partial charge in [0.25, 0.3) is 11.8 Å². The van der Waals surface area contributed by atoms with Crippen LogP contribution in [0.4, 0.5) is 0 Å². The predicted octanol–water partition coefficient (Wildman–Crippen LogP) is 3.95. The van der Waals surface area contributed by atoms with Crippen LogP contribution in [0.5, 0.6) is 11.5 Å². The fourth-order valence-electron chi connectivity index (χ4n) is 2.49. The first kappa shape index (κ1) is 18.8. The minimum absolute atomic E-state index is 0.0346. The third-order valence-corrected chi connectivity index (χ3v) is 4.30. The van der Waals surface area contributed by atoms with E-state index in [0.717, 1.165) is 0 Å². The van der Waals surface area contributed by atoms with E-state index in [-0.39, 0.29) is 17.2 Å². The first-order valence-electron chi connectivity index (χ1n) is 8.02. The van der Waals surface area contributed by atoms with Crippen molar-refractivity contribution < 1.29 is 14.3 Å². The highest BCUT2D eigenvalue weighted by Crippen LogP contribution is 2.29. The summed E-state index contributed by atoms with van der Waals surface area (Å²) in [5.41, 5.74) is 0.537. The number of carbonyl (C=O) groups excluding carboxylic acids is 2. The molecule has 0 radical (unpaired) electrons. The van der Waals surface area contributed by atoms with E-state index in [4.69, 9.17) is 28.6 Å². The van der Waals surface area contributed by atoms with Crippen molar-refractivity contribution in [1.82, 2.24) is 10.2 Å². The Balaban J connectivity index is 1.96. The van der Waals surface area contributed by atoms with Crippen molar-refractivity contribution in [3.63, 3.8) is 0 Å². The average Bonchev–Trinajstić information content (AvgIpc) is 2.63. The smallest absolute Gasteiger partial charge is 0.265 e. The second-order valence-corrected chi connectivity index (χ2v) is 6.44. The topological polar surface area (TPSA) is 58.6 Å². The lowest BCUT2D eigenvalue weighted by Crippen LogP contribution is -2.53. The van der Waals surface area contributed by atoms with Crippen LogP contribution in [0, 0.1) is 0 Å². The maximum absolute atomic E-state index is 12.7. The summed E-state index contributed by atoms with van der Waals surface area (Å²) < 4.78 is 5.87. The number of carbonyl (C=O) groups is 2. The molecule has 0 saturated carbocycles. The van der Waals surface area contributed by atoms with Crippen molar-refractivity contribution in [2.24, 2.45) is 0 Å². The van der Waals surface area contributed by atoms with Crippen LogP contribution in [0.25, 0.3) is 6.08 Å². The van der Waals surface area contributed by atoms with Crippen LogP contribution in [-0.4, -0.2) is 28.4 Å². The fourth-order valence-corrected chi connectivity index (χ4v) is 2.92. The molecule has 136 valence electrons. The fraction of sp³-hybridized carbons (Fsp3) is 0.0500. The molecule has 0 unspecified atom stereocenters. The van der Waals surface area contributed by atoms with Gasteiger partial charge in [0, 0.05) is 17.1 Å². The van der Waals surface area contributed by atoms with Gasteiger partial charge in [-0.25, -0.2) is 0 Å². The number of para-hydroxylation sites is 1. The van der Waals surface area contributed by atoms with Crippen molar-refractivity contribution in [3.05, 3.63) is 77.3 Å². The Morgan fingerprint density at radius 1 is 1.19 bits per heavy atom. The van der Waals surface area contributed by atoms with Crippen molar-refractivity contribution >= 4 is 46.8 Å². The summed E-state index contributed by atoms with van der Waals surface area (Å²) in [6.07, 6.45) is 3.02. The van der Waals surface area contributed by atoms with E-state index in [0.29, 0.717) is 22.1 Å². The maximum Gasteiger partial charge on any atom is 0.265 e. The molecule has 27 heavy (non-hydrogen) atoms. The molecular formula is C20H15ClN2O3S. The molecule has 7 heteroatoms. The maximum atomic E-state index is 12.7. The number of hydrogen-bond donors (Lipinski definition) is 1. The van der Waals surface area contributed by atoms with Gasteiger partial charge in [-0.15, -0.1) is 6.58 Å². The summed E-state index contributed by atoms with van der Waals surface area (Å²) in [6.45, 7) is 3.81. The molecule has 0 bridgehead atoms. The van der Waals surface area contributed by atoms with E-state index in [9.17, 15) is 9.59 Å². The summed E-state index contributed by atoms with van der Waals surface area (Å²) in [6, 6.07) is 14.0. The summed E-state index contributed by atoms with van der Waals surface area (Å²) in [5, 5.41) is 3.12. The molecule has 1 N–H and O–H groups in total. The molecule has 1 saturated heterocycles. The summed E-state index contributed by atoms with van der Waals surface area (Å²) in [4.78, 5) is 26.2. The zero-order chi connectivity index (χ0) is 19.4. The monoisotopic (exact) mass is 398 g/mol. The second kappa shape index (κ2) is 8.16. The molecule has 2 amide bonds. The summed E-state index contributed by atoms with van der Waals surface area (Å²) >= 11 is 11.0. The van der Waals surface area contributed by atoms with E-state index < -0.39 is 11.8 Å². The van der Waals surface area contributed by atoms with Crippen molar-refractivity contribution in [2.75, 3.05) is 6.54 Å². The number of ether oxygens (including phenoxy) is 1. The Bertz CT molecular complexity index is 971. The normalized spacial score (nSPS) is 15.7. The molecule has 3 rings (SSSR count). The van der Waals surface area contributed by atoms with E-state index in [1.165, 1.54) is 17.1 Å². The zero-order valence-electron chi connectivity index (χ0n) is 14.1. The Labute approximate surface area is 166 Å². The van der Waals surface area contributed by atoms with E-state index in [2.05, 4.69) is 11.9 Å². The van der Waals surface area contributed by atoms with Gasteiger partial charge in [-0.05, 0) is 42.6 Å². The largest absolute Gasteiger partial charge is 0.457 e. The number of thiocarbonyl (C=S) groups is 1. The quantitative estimate of drug-likeness (QED) is 0.358. The Kier molecular flexibility index (Phi) is 5.69. The molecule has 1 fully saturated rings. The lowest BCUT2D eigenvalue weighted by Gasteiger charge is -2.27. The molecule has 2 aromatic rings. The van der Waals surface area contributed by atoms with Gasteiger partial charge in [-0.3, -0.25) is 19.8 Å². The predicted molar refractivity (Wildman–Crippen MR) is 109 cm³/mol. The van der Waals surface area contributed by atoms with Crippen LogP contribution >= 0.6 is 23.8 Å². The van der Waals surface area contributed by atoms with Crippen molar-refractivity contribution in [1.29, 1.82) is 0 Å². The highest BCUT2D eigenvalue weighted by Gasteiger charge is 2.32. The minimum atomic E-state index is -0.553. The molecule has 1 aliphatic heterocycles. The van der Waals surface area contributed by atoms with Gasteiger partial charge in [-0.2, -0.15) is 0 Å². The van der Waals surface area contributed by atoms with Crippen LogP contribution in [-0.2, 0) is 9.59 Å². The highest BCUT2D eigenvalue weighted by molar-refractivity contribution is 7.80. The van der Waals surface area contributed by atoms with Crippen molar-refractivity contribution in [2.45, 2.75) is 0 Å². The lowest BCUT2D eigenvalue weighted by atomic mass is 10.1. The summed E-state index contributed by atoms with van der Waals surface area (Å²) in [7, 11) is 0. The van der Waals surface area contributed by atoms with Gasteiger partial charge in [0.2, 0.25) is 0 Å². The van der Waals surface area contributed by atoms with Crippen LogP contribution in [0.3, 0.4) is 0 Å². The van der Waals surface area contributed by atoms with Gasteiger partial charge < -0.3 is 4.74 Å². The van der Waals surface area contributed by atoms with Crippen LogP contribution in [0.15, 0.2) is 66.8 Å². The third-order valence-electron chi connectivity index (χ3n) is 3.74. The number of benzene rings is 2. The van der Waals surface area contributed by atoms with Gasteiger partial charge in [0.15, 0.2) is 5.11 Å². The molecule has 1 heterocycles. The molecular weight excluding hydrogens is 384 g/mol. The van der Waals surface area contributed by atoms with Crippen LogP contribution in [0.1, 0.15) is 5.56 Å². The SMILES string of the molecule is C=CCN1C(=O)C(=Cc2ccccc2Oc2cccc(Cl)c2)C(=O)NC1=S. The number of amides is 2. The number of halogens is 1. The molecule has 2 aromatic carbocycles. The zero-order valence-corrected chi connectivity index (χ0v) is 15.7. The Morgan fingerprint density at radius 2 is 1.96 bits per heavy atom. The molecule has 0 spiro atoms. The highest BCUT2D eigenvalue weighted by atomic mass is 35.5. The van der Waals surface area contributed by atoms with E-state index in [1.807, 2.05) is 0 Å². The van der Waals surface area contributed by atoms with Gasteiger partial charge >= 0.3 is 0 Å². The molecule has 0 atom stereocenters. The summed E-state index contributed by atoms with van der Waals surface area (Å²) in [5.74, 6) is -0.0115. The Morgan fingerprint density at radius 3 is 2.70 bits per heavy atom. The second-order valence-electron chi connectivity index (χ2n) is 5.62. The number of hydrogen-bond acceptors (Lipinski definition) is 4. The Hall–Kier alpha value is -2.96. The minimum Gasteiger partial charge on any atom is -0.457 e.